The molecule has 1 aliphatic rings. The van der Waals surface area contributed by atoms with Crippen molar-refractivity contribution in [2.75, 3.05) is 11.4 Å². The smallest absolute Gasteiger partial charge is 0.128 e. The van der Waals surface area contributed by atoms with E-state index >= 15 is 0 Å². The van der Waals surface area contributed by atoms with Crippen LogP contribution in [0.4, 0.5) is 5.82 Å². The van der Waals surface area contributed by atoms with Gasteiger partial charge in [-0.25, -0.2) is 4.98 Å². The van der Waals surface area contributed by atoms with Crippen LogP contribution in [0.15, 0.2) is 48.7 Å². The molecule has 0 N–H and O–H groups in total. The van der Waals surface area contributed by atoms with E-state index in [1.165, 1.54) is 18.4 Å². The number of anilines is 1. The Morgan fingerprint density at radius 2 is 2.05 bits per heavy atom. The van der Waals surface area contributed by atoms with Crippen LogP contribution >= 0.6 is 0 Å². The second-order valence-electron chi connectivity index (χ2n) is 5.20. The molecule has 1 fully saturated rings. The van der Waals surface area contributed by atoms with Crippen molar-refractivity contribution in [1.29, 1.82) is 5.26 Å². The fraction of sp³-hybridized carbons (Fsp3) is 0.294. The molecule has 3 nitrogen and oxygen atoms in total. The second kappa shape index (κ2) is 5.75. The number of nitrogens with zero attached hydrogens (tertiary/aromatic N) is 3. The van der Waals surface area contributed by atoms with Crippen molar-refractivity contribution in [3.63, 3.8) is 0 Å². The molecule has 0 aliphatic carbocycles. The standard InChI is InChI=1S/C17H17N3/c18-12-15-8-9-17(19-13-15)20-10-4-7-16(20)11-14-5-2-1-3-6-14/h1-3,5-6,8-9,13,16H,4,7,10-11H2. The third-order valence-electron chi connectivity index (χ3n) is 3.86. The average Bonchev–Trinajstić information content (AvgIpc) is 2.96. The summed E-state index contributed by atoms with van der Waals surface area (Å²) in [6.07, 6.45) is 5.13. The minimum absolute atomic E-state index is 0.512. The first kappa shape index (κ1) is 12.7. The van der Waals surface area contributed by atoms with Gasteiger partial charge in [-0.2, -0.15) is 5.26 Å². The molecule has 1 unspecified atom stereocenters. The van der Waals surface area contributed by atoms with Gasteiger partial charge in [0.05, 0.1) is 5.56 Å². The number of hydrogen-bond acceptors (Lipinski definition) is 3. The van der Waals surface area contributed by atoms with Crippen molar-refractivity contribution < 1.29 is 0 Å². The molecule has 1 saturated heterocycles. The van der Waals surface area contributed by atoms with E-state index in [0.717, 1.165) is 18.8 Å². The summed E-state index contributed by atoms with van der Waals surface area (Å²) in [5.74, 6) is 0.988. The second-order valence-corrected chi connectivity index (χ2v) is 5.20. The zero-order chi connectivity index (χ0) is 13.8. The van der Waals surface area contributed by atoms with Gasteiger partial charge in [-0.05, 0) is 37.0 Å². The highest BCUT2D eigenvalue weighted by Crippen LogP contribution is 2.26. The third kappa shape index (κ3) is 2.65. The van der Waals surface area contributed by atoms with Crippen LogP contribution in [0.1, 0.15) is 24.0 Å². The van der Waals surface area contributed by atoms with E-state index in [1.54, 1.807) is 6.20 Å². The lowest BCUT2D eigenvalue weighted by Crippen LogP contribution is -2.31. The van der Waals surface area contributed by atoms with Gasteiger partial charge in [0.2, 0.25) is 0 Å². The zero-order valence-electron chi connectivity index (χ0n) is 11.4. The molecular weight excluding hydrogens is 246 g/mol. The number of benzene rings is 1. The van der Waals surface area contributed by atoms with Gasteiger partial charge >= 0.3 is 0 Å². The first-order chi connectivity index (χ1) is 9.86. The topological polar surface area (TPSA) is 39.9 Å². The van der Waals surface area contributed by atoms with Gasteiger partial charge in [0.15, 0.2) is 0 Å². The number of rotatable bonds is 3. The molecule has 3 heteroatoms. The Kier molecular flexibility index (Phi) is 3.64. The summed E-state index contributed by atoms with van der Waals surface area (Å²) >= 11 is 0. The summed E-state index contributed by atoms with van der Waals surface area (Å²) in [7, 11) is 0. The summed E-state index contributed by atoms with van der Waals surface area (Å²) in [6, 6.07) is 17.0. The van der Waals surface area contributed by atoms with Crippen LogP contribution in [-0.4, -0.2) is 17.6 Å². The van der Waals surface area contributed by atoms with Crippen LogP contribution in [-0.2, 0) is 6.42 Å². The van der Waals surface area contributed by atoms with E-state index in [1.807, 2.05) is 12.1 Å². The van der Waals surface area contributed by atoms with Crippen LogP contribution in [0.25, 0.3) is 0 Å². The minimum atomic E-state index is 0.512. The van der Waals surface area contributed by atoms with Gasteiger partial charge < -0.3 is 4.90 Å². The van der Waals surface area contributed by atoms with E-state index in [-0.39, 0.29) is 0 Å². The molecule has 1 aliphatic heterocycles. The Morgan fingerprint density at radius 1 is 1.20 bits per heavy atom. The van der Waals surface area contributed by atoms with E-state index in [9.17, 15) is 0 Å². The molecule has 2 aromatic rings. The molecule has 1 aromatic carbocycles. The SMILES string of the molecule is N#Cc1ccc(N2CCCC2Cc2ccccc2)nc1. The molecule has 1 atom stereocenters. The summed E-state index contributed by atoms with van der Waals surface area (Å²) in [5.41, 5.74) is 1.99. The van der Waals surface area contributed by atoms with Crippen molar-refractivity contribution in [2.24, 2.45) is 0 Å². The van der Waals surface area contributed by atoms with Crippen molar-refractivity contribution in [2.45, 2.75) is 25.3 Å². The lowest BCUT2D eigenvalue weighted by molar-refractivity contribution is 0.658. The van der Waals surface area contributed by atoms with Crippen LogP contribution < -0.4 is 4.90 Å². The molecule has 2 heterocycles. The van der Waals surface area contributed by atoms with Crippen LogP contribution in [0.5, 0.6) is 0 Å². The zero-order valence-corrected chi connectivity index (χ0v) is 11.4. The normalized spacial score (nSPS) is 17.9. The number of aromatic nitrogens is 1. The Bertz CT molecular complexity index is 598. The molecule has 1 aromatic heterocycles. The van der Waals surface area contributed by atoms with Crippen LogP contribution in [0, 0.1) is 11.3 Å². The molecule has 100 valence electrons. The fourth-order valence-electron chi connectivity index (χ4n) is 2.86. The Labute approximate surface area is 119 Å². The lowest BCUT2D eigenvalue weighted by atomic mass is 10.0. The summed E-state index contributed by atoms with van der Waals surface area (Å²) in [4.78, 5) is 6.80. The van der Waals surface area contributed by atoms with Gasteiger partial charge in [-0.3, -0.25) is 0 Å². The Hall–Kier alpha value is -2.34. The van der Waals surface area contributed by atoms with Crippen LogP contribution in [0.3, 0.4) is 0 Å². The van der Waals surface area contributed by atoms with Crippen molar-refractivity contribution in [3.8, 4) is 6.07 Å². The molecule has 20 heavy (non-hydrogen) atoms. The predicted molar refractivity (Wildman–Crippen MR) is 79.5 cm³/mol. The van der Waals surface area contributed by atoms with Crippen molar-refractivity contribution >= 4 is 5.82 Å². The highest BCUT2D eigenvalue weighted by atomic mass is 15.2. The number of nitriles is 1. The van der Waals surface area contributed by atoms with E-state index < -0.39 is 0 Å². The highest BCUT2D eigenvalue weighted by molar-refractivity contribution is 5.44. The maximum absolute atomic E-state index is 8.84. The largest absolute Gasteiger partial charge is 0.353 e. The molecule has 0 amide bonds. The predicted octanol–water partition coefficient (Wildman–Crippen LogP) is 3.16. The van der Waals surface area contributed by atoms with E-state index in [4.69, 9.17) is 5.26 Å². The molecule has 3 rings (SSSR count). The molecule has 0 radical (unpaired) electrons. The quantitative estimate of drug-likeness (QED) is 0.854. The first-order valence-electron chi connectivity index (χ1n) is 7.03. The van der Waals surface area contributed by atoms with Gasteiger partial charge in [0, 0.05) is 18.8 Å². The number of pyridine rings is 1. The number of hydrogen-bond donors (Lipinski definition) is 0. The van der Waals surface area contributed by atoms with Gasteiger partial charge in [-0.1, -0.05) is 30.3 Å². The highest BCUT2D eigenvalue weighted by Gasteiger charge is 2.25. The first-order valence-corrected chi connectivity index (χ1v) is 7.03. The maximum Gasteiger partial charge on any atom is 0.128 e. The Morgan fingerprint density at radius 3 is 2.75 bits per heavy atom. The van der Waals surface area contributed by atoms with Gasteiger partial charge in [-0.15, -0.1) is 0 Å². The fourth-order valence-corrected chi connectivity index (χ4v) is 2.86. The Balaban J connectivity index is 1.76. The van der Waals surface area contributed by atoms with Crippen molar-refractivity contribution in [3.05, 3.63) is 59.8 Å². The monoisotopic (exact) mass is 263 g/mol. The molecule has 0 bridgehead atoms. The van der Waals surface area contributed by atoms with Gasteiger partial charge in [0.1, 0.15) is 11.9 Å². The van der Waals surface area contributed by atoms with E-state index in [0.29, 0.717) is 11.6 Å². The summed E-state index contributed by atoms with van der Waals surface area (Å²) in [6.45, 7) is 1.05. The summed E-state index contributed by atoms with van der Waals surface area (Å²) < 4.78 is 0. The van der Waals surface area contributed by atoms with E-state index in [2.05, 4.69) is 46.3 Å². The molecular formula is C17H17N3. The van der Waals surface area contributed by atoms with Crippen LogP contribution in [0.2, 0.25) is 0 Å². The molecule has 0 saturated carbocycles. The maximum atomic E-state index is 8.84. The summed E-state index contributed by atoms with van der Waals surface area (Å²) in [5, 5.41) is 8.84. The minimum Gasteiger partial charge on any atom is -0.353 e. The average molecular weight is 263 g/mol. The molecule has 0 spiro atoms. The third-order valence-corrected chi connectivity index (χ3v) is 3.86. The van der Waals surface area contributed by atoms with Crippen molar-refractivity contribution in [1.82, 2.24) is 4.98 Å². The lowest BCUT2D eigenvalue weighted by Gasteiger charge is -2.25. The van der Waals surface area contributed by atoms with Gasteiger partial charge in [0.25, 0.3) is 0 Å².